The zero-order valence-electron chi connectivity index (χ0n) is 25.9. The van der Waals surface area contributed by atoms with Gasteiger partial charge >= 0.3 is 0 Å². The second kappa shape index (κ2) is 9.67. The van der Waals surface area contributed by atoms with E-state index in [4.69, 9.17) is 0 Å². The molecule has 0 bridgehead atoms. The quantitative estimate of drug-likeness (QED) is 0.176. The molecule has 10 rings (SSSR count). The number of fused-ring (bicyclic) bond motifs is 1. The monoisotopic (exact) mass is 663 g/mol. The van der Waals surface area contributed by atoms with Crippen LogP contribution in [0.1, 0.15) is 50.1 Å². The smallest absolute Gasteiger partial charge is 0.0743 e. The van der Waals surface area contributed by atoms with Gasteiger partial charge < -0.3 is 4.57 Å². The Morgan fingerprint density at radius 1 is 0.426 bits per heavy atom. The second-order valence-electron chi connectivity index (χ2n) is 13.1. The summed E-state index contributed by atoms with van der Waals surface area (Å²) >= 11 is 4.02. The highest BCUT2D eigenvalue weighted by Crippen LogP contribution is 2.61. The lowest BCUT2D eigenvalue weighted by atomic mass is 9.58. The molecule has 7 aromatic carbocycles. The van der Waals surface area contributed by atoms with E-state index in [0.717, 1.165) is 4.47 Å². The van der Waals surface area contributed by atoms with Gasteiger partial charge in [-0.05, 0) is 69.6 Å². The van der Waals surface area contributed by atoms with Gasteiger partial charge in [0.15, 0.2) is 0 Å². The van der Waals surface area contributed by atoms with E-state index >= 15 is 0 Å². The predicted molar refractivity (Wildman–Crippen MR) is 197 cm³/mol. The predicted octanol–water partition coefficient (Wildman–Crippen LogP) is 11.2. The van der Waals surface area contributed by atoms with Gasteiger partial charge in [0.1, 0.15) is 0 Å². The fraction of sp³-hybridized carbons (Fsp3) is 0.0667. The maximum atomic E-state index is 4.02. The van der Waals surface area contributed by atoms with Gasteiger partial charge in [0.25, 0.3) is 0 Å². The Balaban J connectivity index is 1.55. The molecule has 8 aromatic rings. The lowest BCUT2D eigenvalue weighted by Gasteiger charge is -2.47. The van der Waals surface area contributed by atoms with Crippen molar-refractivity contribution in [1.82, 2.24) is 4.57 Å². The summed E-state index contributed by atoms with van der Waals surface area (Å²) in [6.45, 7) is 2.25. The van der Waals surface area contributed by atoms with E-state index in [1.54, 1.807) is 0 Å². The Labute approximate surface area is 282 Å². The molecule has 0 atom stereocenters. The highest BCUT2D eigenvalue weighted by Gasteiger charge is 2.52. The summed E-state index contributed by atoms with van der Waals surface area (Å²) in [5.74, 6) is 0. The van der Waals surface area contributed by atoms with Crippen LogP contribution in [0.5, 0.6) is 0 Å². The highest BCUT2D eigenvalue weighted by molar-refractivity contribution is 9.10. The molecular formula is C45H30BrN. The van der Waals surface area contributed by atoms with Gasteiger partial charge in [-0.3, -0.25) is 0 Å². The first kappa shape index (κ1) is 27.0. The average molecular weight is 665 g/mol. The van der Waals surface area contributed by atoms with Crippen molar-refractivity contribution in [3.63, 3.8) is 0 Å². The summed E-state index contributed by atoms with van der Waals surface area (Å²) in [4.78, 5) is 0. The summed E-state index contributed by atoms with van der Waals surface area (Å²) < 4.78 is 3.72. The SMILES string of the molecule is Cc1cc2c3c(c1)c1cc(Br)cc4c1n3-c1c(cccc1C4(c1ccccc1)c1ccccc1)C2(c1ccccc1)c1ccccc1. The molecule has 2 heteroatoms. The lowest BCUT2D eigenvalue weighted by Crippen LogP contribution is -2.41. The van der Waals surface area contributed by atoms with E-state index in [0.29, 0.717) is 0 Å². The van der Waals surface area contributed by atoms with Crippen LogP contribution in [-0.2, 0) is 10.8 Å². The van der Waals surface area contributed by atoms with Crippen LogP contribution in [0.4, 0.5) is 0 Å². The van der Waals surface area contributed by atoms with Crippen LogP contribution in [0, 0.1) is 6.92 Å². The summed E-state index contributed by atoms with van der Waals surface area (Å²) in [6.07, 6.45) is 0. The number of hydrogen-bond donors (Lipinski definition) is 0. The largest absolute Gasteiger partial charge is 0.308 e. The number of nitrogens with zero attached hydrogens (tertiary/aromatic N) is 1. The molecule has 0 radical (unpaired) electrons. The van der Waals surface area contributed by atoms with Crippen molar-refractivity contribution in [2.45, 2.75) is 17.8 Å². The van der Waals surface area contributed by atoms with Crippen molar-refractivity contribution in [2.24, 2.45) is 0 Å². The van der Waals surface area contributed by atoms with Gasteiger partial charge in [0.05, 0.1) is 27.6 Å². The van der Waals surface area contributed by atoms with E-state index in [2.05, 4.69) is 191 Å². The minimum absolute atomic E-state index is 0.531. The molecule has 0 saturated carbocycles. The molecule has 0 spiro atoms. The third kappa shape index (κ3) is 3.29. The number of halogens is 1. The van der Waals surface area contributed by atoms with Crippen LogP contribution in [0.15, 0.2) is 168 Å². The van der Waals surface area contributed by atoms with Crippen LogP contribution in [0.25, 0.3) is 27.5 Å². The molecule has 0 amide bonds. The van der Waals surface area contributed by atoms with Crippen LogP contribution in [0.3, 0.4) is 0 Å². The summed E-state index contributed by atoms with van der Waals surface area (Å²) in [5.41, 5.74) is 14.4. The topological polar surface area (TPSA) is 4.93 Å². The second-order valence-corrected chi connectivity index (χ2v) is 14.0. The van der Waals surface area contributed by atoms with Crippen LogP contribution >= 0.6 is 15.9 Å². The zero-order valence-corrected chi connectivity index (χ0v) is 27.5. The maximum absolute atomic E-state index is 4.02. The van der Waals surface area contributed by atoms with Gasteiger partial charge in [0, 0.05) is 15.2 Å². The minimum atomic E-state index is -0.550. The van der Waals surface area contributed by atoms with Gasteiger partial charge in [-0.25, -0.2) is 0 Å². The van der Waals surface area contributed by atoms with Gasteiger partial charge in [-0.2, -0.15) is 0 Å². The number of aromatic nitrogens is 1. The normalized spacial score (nSPS) is 14.9. The lowest BCUT2D eigenvalue weighted by molar-refractivity contribution is 0.683. The molecule has 0 aliphatic carbocycles. The first-order valence-corrected chi connectivity index (χ1v) is 17.1. The van der Waals surface area contributed by atoms with Crippen LogP contribution in [-0.4, -0.2) is 4.57 Å². The number of hydrogen-bond acceptors (Lipinski definition) is 0. The van der Waals surface area contributed by atoms with E-state index in [9.17, 15) is 0 Å². The Morgan fingerprint density at radius 2 is 0.830 bits per heavy atom. The number of rotatable bonds is 4. The van der Waals surface area contributed by atoms with E-state index in [1.165, 1.54) is 77.6 Å². The molecule has 0 unspecified atom stereocenters. The summed E-state index contributed by atoms with van der Waals surface area (Å²) in [5, 5.41) is 2.58. The number of aryl methyl sites for hydroxylation is 1. The fourth-order valence-electron chi connectivity index (χ4n) is 9.19. The number of benzene rings is 7. The molecule has 2 aliphatic heterocycles. The molecule has 0 saturated heterocycles. The van der Waals surface area contributed by atoms with Gasteiger partial charge in [-0.1, -0.05) is 167 Å². The van der Waals surface area contributed by atoms with Crippen molar-refractivity contribution < 1.29 is 0 Å². The van der Waals surface area contributed by atoms with Crippen LogP contribution < -0.4 is 0 Å². The molecule has 1 nitrogen and oxygen atoms in total. The molecule has 222 valence electrons. The maximum Gasteiger partial charge on any atom is 0.0743 e. The molecule has 0 fully saturated rings. The number of para-hydroxylation sites is 1. The molecule has 2 aliphatic rings. The Kier molecular flexibility index (Phi) is 5.55. The first-order valence-electron chi connectivity index (χ1n) is 16.3. The Bertz CT molecular complexity index is 2260. The van der Waals surface area contributed by atoms with Gasteiger partial charge in [-0.15, -0.1) is 0 Å². The van der Waals surface area contributed by atoms with E-state index in [-0.39, 0.29) is 0 Å². The van der Waals surface area contributed by atoms with E-state index < -0.39 is 10.8 Å². The molecule has 3 heterocycles. The standard InChI is InChI=1S/C45H30BrN/c1-29-25-35-36-27-34(46)28-40-42(36)47-41(35)39(26-29)44(30-15-6-2-7-16-30,31-17-8-3-9-18-31)37-23-14-24-38(43(37)47)45(40,32-19-10-4-11-20-32)33-21-12-5-13-22-33/h2-28H,1H3. The summed E-state index contributed by atoms with van der Waals surface area (Å²) in [6, 6.07) is 61.3. The average Bonchev–Trinajstić information content (AvgIpc) is 3.45. The third-order valence-corrected chi connectivity index (χ3v) is 11.2. The highest BCUT2D eigenvalue weighted by atomic mass is 79.9. The van der Waals surface area contributed by atoms with E-state index in [1.807, 2.05) is 0 Å². The van der Waals surface area contributed by atoms with Crippen molar-refractivity contribution in [2.75, 3.05) is 0 Å². The minimum Gasteiger partial charge on any atom is -0.308 e. The van der Waals surface area contributed by atoms with Crippen molar-refractivity contribution in [3.8, 4) is 5.69 Å². The summed E-state index contributed by atoms with van der Waals surface area (Å²) in [7, 11) is 0. The van der Waals surface area contributed by atoms with Gasteiger partial charge in [0.2, 0.25) is 0 Å². The Hall–Kier alpha value is -5.18. The Morgan fingerprint density at radius 3 is 1.28 bits per heavy atom. The van der Waals surface area contributed by atoms with Crippen molar-refractivity contribution >= 4 is 37.7 Å². The third-order valence-electron chi connectivity index (χ3n) is 10.8. The van der Waals surface area contributed by atoms with Crippen molar-refractivity contribution in [3.05, 3.63) is 218 Å². The zero-order chi connectivity index (χ0) is 31.3. The fourth-order valence-corrected chi connectivity index (χ4v) is 9.65. The van der Waals surface area contributed by atoms with Crippen LogP contribution in [0.2, 0.25) is 0 Å². The molecule has 0 N–H and O–H groups in total. The molecular weight excluding hydrogens is 634 g/mol. The molecule has 1 aromatic heterocycles. The van der Waals surface area contributed by atoms with Crippen molar-refractivity contribution in [1.29, 1.82) is 0 Å². The first-order chi connectivity index (χ1) is 23.1. The molecule has 47 heavy (non-hydrogen) atoms.